The van der Waals surface area contributed by atoms with Gasteiger partial charge in [0.1, 0.15) is 11.3 Å². The summed E-state index contributed by atoms with van der Waals surface area (Å²) in [4.78, 5) is 35.4. The number of fused-ring (bicyclic) bond motifs is 1. The van der Waals surface area contributed by atoms with Gasteiger partial charge in [0.15, 0.2) is 17.8 Å². The van der Waals surface area contributed by atoms with Gasteiger partial charge in [0.05, 0.1) is 19.0 Å². The Balaban J connectivity index is 1.79. The molecule has 1 aromatic carbocycles. The van der Waals surface area contributed by atoms with Crippen molar-refractivity contribution < 1.29 is 38.1 Å². The predicted octanol–water partition coefficient (Wildman–Crippen LogP) is 2.24. The van der Waals surface area contributed by atoms with Crippen molar-refractivity contribution in [1.29, 1.82) is 0 Å². The summed E-state index contributed by atoms with van der Waals surface area (Å²) < 4.78 is 40.1. The first-order valence-electron chi connectivity index (χ1n) is 9.75. The van der Waals surface area contributed by atoms with Crippen molar-refractivity contribution in [2.45, 2.75) is 30.8 Å². The van der Waals surface area contributed by atoms with Gasteiger partial charge in [-0.1, -0.05) is 12.1 Å². The van der Waals surface area contributed by atoms with Crippen LogP contribution in [0.15, 0.2) is 30.6 Å². The SMILES string of the molecule is COC(COC(Cc1cccc(F)c1)(C(=O)O)C(=O)O)CC(F)n1cnc2c(N)nc(Cl)nc21. The predicted molar refractivity (Wildman–Crippen MR) is 114 cm³/mol. The van der Waals surface area contributed by atoms with E-state index in [1.807, 2.05) is 0 Å². The number of nitrogen functional groups attached to an aromatic ring is 1. The van der Waals surface area contributed by atoms with Crippen molar-refractivity contribution in [3.8, 4) is 0 Å². The molecule has 0 saturated carbocycles. The molecule has 0 radical (unpaired) electrons. The molecule has 0 spiro atoms. The van der Waals surface area contributed by atoms with E-state index in [4.69, 9.17) is 26.8 Å². The maximum absolute atomic E-state index is 15.1. The Morgan fingerprint density at radius 2 is 2.00 bits per heavy atom. The summed E-state index contributed by atoms with van der Waals surface area (Å²) in [7, 11) is 1.22. The van der Waals surface area contributed by atoms with Crippen LogP contribution in [-0.2, 0) is 25.5 Å². The molecule has 2 atom stereocenters. The number of rotatable bonds is 11. The number of carboxylic acid groups (broad SMARTS) is 2. The minimum absolute atomic E-state index is 0.0253. The van der Waals surface area contributed by atoms with Crippen molar-refractivity contribution >= 4 is 40.5 Å². The highest BCUT2D eigenvalue weighted by Gasteiger charge is 2.49. The Labute approximate surface area is 196 Å². The zero-order valence-corrected chi connectivity index (χ0v) is 18.4. The number of hydrogen-bond acceptors (Lipinski definition) is 8. The topological polar surface area (TPSA) is 163 Å². The van der Waals surface area contributed by atoms with Gasteiger partial charge in [-0.2, -0.15) is 9.97 Å². The molecule has 3 rings (SSSR count). The number of alkyl halides is 1. The average molecular weight is 500 g/mol. The molecule has 0 saturated heterocycles. The second-order valence-corrected chi connectivity index (χ2v) is 7.62. The normalized spacial score (nSPS) is 13.6. The number of nitrogens with two attached hydrogens (primary N) is 1. The van der Waals surface area contributed by atoms with Crippen LogP contribution in [0.4, 0.5) is 14.6 Å². The Morgan fingerprint density at radius 3 is 2.62 bits per heavy atom. The summed E-state index contributed by atoms with van der Waals surface area (Å²) in [5.41, 5.74) is 3.19. The first-order chi connectivity index (χ1) is 16.1. The number of carbonyl (C=O) groups is 2. The standard InChI is InChI=1S/C20H20ClF2N5O6/c1-33-12(6-13(23)28-9-25-14-15(24)26-19(21)27-16(14)28)8-34-20(17(29)30,18(31)32)7-10-3-2-4-11(22)5-10/h2-5,9,12-13H,6-8H2,1H3,(H,29,30)(H,31,32)(H2,24,26,27). The zero-order valence-electron chi connectivity index (χ0n) is 17.7. The highest BCUT2D eigenvalue weighted by atomic mass is 35.5. The molecular weight excluding hydrogens is 480 g/mol. The highest BCUT2D eigenvalue weighted by Crippen LogP contribution is 2.27. The van der Waals surface area contributed by atoms with E-state index in [0.29, 0.717) is 0 Å². The monoisotopic (exact) mass is 499 g/mol. The number of benzene rings is 1. The molecule has 0 bridgehead atoms. The Kier molecular flexibility index (Phi) is 7.59. The maximum Gasteiger partial charge on any atom is 0.348 e. The molecular formula is C20H20ClF2N5O6. The third-order valence-electron chi connectivity index (χ3n) is 5.06. The van der Waals surface area contributed by atoms with Gasteiger partial charge in [0, 0.05) is 20.0 Å². The van der Waals surface area contributed by atoms with Gasteiger partial charge in [-0.15, -0.1) is 0 Å². The van der Waals surface area contributed by atoms with Crippen LogP contribution in [0.25, 0.3) is 11.2 Å². The number of carboxylic acids is 2. The van der Waals surface area contributed by atoms with Gasteiger partial charge in [0.2, 0.25) is 5.28 Å². The first kappa shape index (κ1) is 25.2. The van der Waals surface area contributed by atoms with Crippen LogP contribution in [0.2, 0.25) is 5.28 Å². The number of aromatic nitrogens is 4. The number of ether oxygens (including phenoxy) is 2. The smallest absolute Gasteiger partial charge is 0.348 e. The number of halogens is 3. The van der Waals surface area contributed by atoms with E-state index in [1.54, 1.807) is 0 Å². The van der Waals surface area contributed by atoms with E-state index in [9.17, 15) is 24.2 Å². The van der Waals surface area contributed by atoms with Gasteiger partial charge in [-0.05, 0) is 29.3 Å². The number of aliphatic carboxylic acids is 2. The van der Waals surface area contributed by atoms with Crippen LogP contribution in [0.3, 0.4) is 0 Å². The van der Waals surface area contributed by atoms with Crippen molar-refractivity contribution in [3.05, 3.63) is 47.3 Å². The van der Waals surface area contributed by atoms with Crippen LogP contribution in [-0.4, -0.2) is 67.1 Å². The summed E-state index contributed by atoms with van der Waals surface area (Å²) in [6, 6.07) is 4.80. The van der Waals surface area contributed by atoms with E-state index < -0.39 is 55.2 Å². The molecule has 2 heterocycles. The van der Waals surface area contributed by atoms with Crippen LogP contribution in [0.5, 0.6) is 0 Å². The third-order valence-corrected chi connectivity index (χ3v) is 5.23. The summed E-state index contributed by atoms with van der Waals surface area (Å²) in [5.74, 6) is -4.33. The van der Waals surface area contributed by atoms with Gasteiger partial charge in [-0.3, -0.25) is 4.57 Å². The van der Waals surface area contributed by atoms with Gasteiger partial charge in [-0.25, -0.2) is 23.4 Å². The molecule has 14 heteroatoms. The fourth-order valence-corrected chi connectivity index (χ4v) is 3.44. The number of methoxy groups -OCH3 is 1. The second-order valence-electron chi connectivity index (χ2n) is 7.28. The van der Waals surface area contributed by atoms with Gasteiger partial charge in [0.25, 0.3) is 5.60 Å². The van der Waals surface area contributed by atoms with E-state index in [2.05, 4.69) is 15.0 Å². The minimum Gasteiger partial charge on any atom is -0.479 e. The third kappa shape index (κ3) is 5.21. The van der Waals surface area contributed by atoms with Crippen molar-refractivity contribution in [1.82, 2.24) is 19.5 Å². The lowest BCUT2D eigenvalue weighted by Gasteiger charge is -2.28. The van der Waals surface area contributed by atoms with Crippen molar-refractivity contribution in [3.63, 3.8) is 0 Å². The number of anilines is 1. The molecule has 4 N–H and O–H groups in total. The summed E-state index contributed by atoms with van der Waals surface area (Å²) in [5, 5.41) is 19.1. The second kappa shape index (κ2) is 10.2. The molecule has 0 aliphatic heterocycles. The lowest BCUT2D eigenvalue weighted by atomic mass is 9.94. The lowest BCUT2D eigenvalue weighted by molar-refractivity contribution is -0.188. The molecule has 11 nitrogen and oxygen atoms in total. The molecule has 0 aliphatic rings. The quantitative estimate of drug-likeness (QED) is 0.263. The summed E-state index contributed by atoms with van der Waals surface area (Å²) in [6.45, 7) is -0.602. The summed E-state index contributed by atoms with van der Waals surface area (Å²) >= 11 is 5.78. The molecule has 182 valence electrons. The van der Waals surface area contributed by atoms with Crippen molar-refractivity contribution in [2.24, 2.45) is 0 Å². The van der Waals surface area contributed by atoms with E-state index in [0.717, 1.165) is 23.0 Å². The number of hydrogen-bond donors (Lipinski definition) is 3. The van der Waals surface area contributed by atoms with Crippen LogP contribution < -0.4 is 5.73 Å². The van der Waals surface area contributed by atoms with E-state index >= 15 is 4.39 Å². The first-order valence-corrected chi connectivity index (χ1v) is 10.1. The molecule has 3 aromatic rings. The van der Waals surface area contributed by atoms with Crippen LogP contribution in [0.1, 0.15) is 18.3 Å². The molecule has 2 aromatic heterocycles. The fourth-order valence-electron chi connectivity index (χ4n) is 3.27. The number of imidazole rings is 1. The van der Waals surface area contributed by atoms with Crippen LogP contribution in [0, 0.1) is 5.82 Å². The minimum atomic E-state index is -2.76. The molecule has 34 heavy (non-hydrogen) atoms. The van der Waals surface area contributed by atoms with Gasteiger partial charge >= 0.3 is 11.9 Å². The highest BCUT2D eigenvalue weighted by molar-refractivity contribution is 6.28. The molecule has 0 fully saturated rings. The average Bonchev–Trinajstić information content (AvgIpc) is 3.19. The maximum atomic E-state index is 15.1. The zero-order chi connectivity index (χ0) is 25.0. The molecule has 0 aliphatic carbocycles. The largest absolute Gasteiger partial charge is 0.479 e. The molecule has 0 amide bonds. The summed E-state index contributed by atoms with van der Waals surface area (Å²) in [6.07, 6.45) is -2.80. The molecule has 2 unspecified atom stereocenters. The van der Waals surface area contributed by atoms with E-state index in [-0.39, 0.29) is 27.8 Å². The van der Waals surface area contributed by atoms with Crippen LogP contribution >= 0.6 is 11.6 Å². The Morgan fingerprint density at radius 1 is 1.29 bits per heavy atom. The van der Waals surface area contributed by atoms with Crippen molar-refractivity contribution in [2.75, 3.05) is 19.5 Å². The number of nitrogens with zero attached hydrogens (tertiary/aromatic N) is 4. The Bertz CT molecular complexity index is 1200. The fraction of sp³-hybridized carbons (Fsp3) is 0.350. The Hall–Kier alpha value is -3.42. The van der Waals surface area contributed by atoms with E-state index in [1.165, 1.54) is 19.2 Å². The lowest BCUT2D eigenvalue weighted by Crippen LogP contribution is -2.52. The van der Waals surface area contributed by atoms with Gasteiger partial charge < -0.3 is 25.4 Å².